The van der Waals surface area contributed by atoms with Crippen molar-refractivity contribution in [3.63, 3.8) is 0 Å². The van der Waals surface area contributed by atoms with Crippen LogP contribution in [0.15, 0.2) is 48.5 Å². The molecule has 21 heavy (non-hydrogen) atoms. The minimum Gasteiger partial charge on any atom is -0.481 e. The van der Waals surface area contributed by atoms with Gasteiger partial charge in [-0.1, -0.05) is 11.6 Å². The Kier molecular flexibility index (Phi) is 4.60. The van der Waals surface area contributed by atoms with E-state index in [1.54, 1.807) is 55.5 Å². The van der Waals surface area contributed by atoms with Crippen molar-refractivity contribution >= 4 is 23.3 Å². The number of benzene rings is 2. The second-order valence-electron chi connectivity index (χ2n) is 4.52. The van der Waals surface area contributed by atoms with E-state index < -0.39 is 12.0 Å². The Balaban J connectivity index is 2.13. The zero-order valence-corrected chi connectivity index (χ0v) is 12.1. The molecule has 0 aliphatic heterocycles. The average Bonchev–Trinajstić information content (AvgIpc) is 2.48. The summed E-state index contributed by atoms with van der Waals surface area (Å²) in [5, 5.41) is 0.579. The molecule has 1 amide bonds. The molecule has 0 bridgehead atoms. The van der Waals surface area contributed by atoms with Crippen LogP contribution >= 0.6 is 11.6 Å². The molecule has 0 radical (unpaired) electrons. The van der Waals surface area contributed by atoms with Crippen LogP contribution in [-0.2, 0) is 4.79 Å². The smallest absolute Gasteiger partial charge is 0.258 e. The largest absolute Gasteiger partial charge is 0.481 e. The molecule has 2 aromatic carbocycles. The molecule has 2 N–H and O–H groups in total. The van der Waals surface area contributed by atoms with E-state index in [2.05, 4.69) is 0 Å². The van der Waals surface area contributed by atoms with E-state index in [0.717, 1.165) is 0 Å². The highest BCUT2D eigenvalue weighted by Crippen LogP contribution is 2.18. The van der Waals surface area contributed by atoms with Gasteiger partial charge < -0.3 is 10.5 Å². The summed E-state index contributed by atoms with van der Waals surface area (Å²) in [4.78, 5) is 23.2. The van der Waals surface area contributed by atoms with Gasteiger partial charge in [0.25, 0.3) is 5.91 Å². The zero-order chi connectivity index (χ0) is 15.4. The number of primary amides is 1. The van der Waals surface area contributed by atoms with E-state index in [1.807, 2.05) is 0 Å². The fraction of sp³-hybridized carbons (Fsp3) is 0.125. The molecule has 0 saturated carbocycles. The van der Waals surface area contributed by atoms with Crippen LogP contribution in [0.25, 0.3) is 0 Å². The Morgan fingerprint density at radius 3 is 1.95 bits per heavy atom. The number of amides is 1. The second-order valence-corrected chi connectivity index (χ2v) is 4.96. The first-order chi connectivity index (χ1) is 9.97. The van der Waals surface area contributed by atoms with Crippen molar-refractivity contribution in [1.82, 2.24) is 0 Å². The van der Waals surface area contributed by atoms with E-state index in [-0.39, 0.29) is 5.78 Å². The number of rotatable bonds is 5. The van der Waals surface area contributed by atoms with Crippen molar-refractivity contribution in [1.29, 1.82) is 0 Å². The van der Waals surface area contributed by atoms with Crippen molar-refractivity contribution in [3.05, 3.63) is 64.7 Å². The maximum Gasteiger partial charge on any atom is 0.258 e. The Morgan fingerprint density at radius 1 is 1.00 bits per heavy atom. The first-order valence-corrected chi connectivity index (χ1v) is 6.71. The summed E-state index contributed by atoms with van der Waals surface area (Å²) < 4.78 is 5.33. The van der Waals surface area contributed by atoms with Gasteiger partial charge in [-0.25, -0.2) is 0 Å². The van der Waals surface area contributed by atoms with Gasteiger partial charge in [0.1, 0.15) is 5.75 Å². The van der Waals surface area contributed by atoms with E-state index in [9.17, 15) is 9.59 Å². The standard InChI is InChI=1S/C16H14ClNO3/c1-10(16(18)20)21-14-8-4-12(5-9-14)15(19)11-2-6-13(17)7-3-11/h2-10H,1H3,(H2,18,20). The van der Waals surface area contributed by atoms with Crippen LogP contribution in [0.3, 0.4) is 0 Å². The average molecular weight is 304 g/mol. The monoisotopic (exact) mass is 303 g/mol. The van der Waals surface area contributed by atoms with Crippen LogP contribution in [0.2, 0.25) is 5.02 Å². The number of halogens is 1. The molecule has 0 aliphatic rings. The van der Waals surface area contributed by atoms with Gasteiger partial charge in [0, 0.05) is 16.1 Å². The first-order valence-electron chi connectivity index (χ1n) is 6.33. The lowest BCUT2D eigenvalue weighted by molar-refractivity contribution is -0.123. The van der Waals surface area contributed by atoms with Gasteiger partial charge in [0.2, 0.25) is 0 Å². The number of carbonyl (C=O) groups is 2. The van der Waals surface area contributed by atoms with E-state index in [0.29, 0.717) is 21.9 Å². The van der Waals surface area contributed by atoms with Crippen LogP contribution in [0.5, 0.6) is 5.75 Å². The summed E-state index contributed by atoms with van der Waals surface area (Å²) in [5.41, 5.74) is 6.20. The van der Waals surface area contributed by atoms with Crippen LogP contribution < -0.4 is 10.5 Å². The van der Waals surface area contributed by atoms with Gasteiger partial charge in [0.05, 0.1) is 0 Å². The molecule has 0 heterocycles. The molecule has 1 atom stereocenters. The van der Waals surface area contributed by atoms with Gasteiger partial charge in [-0.2, -0.15) is 0 Å². The van der Waals surface area contributed by atoms with Crippen molar-refractivity contribution < 1.29 is 14.3 Å². The minimum atomic E-state index is -0.720. The predicted octanol–water partition coefficient (Wildman–Crippen LogP) is 2.82. The predicted molar refractivity (Wildman–Crippen MR) is 80.6 cm³/mol. The summed E-state index contributed by atoms with van der Waals surface area (Å²) in [5.74, 6) is -0.175. The number of ether oxygens (including phenoxy) is 1. The highest BCUT2D eigenvalue weighted by Gasteiger charge is 2.12. The fourth-order valence-corrected chi connectivity index (χ4v) is 1.84. The van der Waals surface area contributed by atoms with Crippen molar-refractivity contribution in [2.75, 3.05) is 0 Å². The minimum absolute atomic E-state index is 0.110. The summed E-state index contributed by atoms with van der Waals surface area (Å²) >= 11 is 5.79. The fourth-order valence-electron chi connectivity index (χ4n) is 1.72. The molecule has 4 nitrogen and oxygen atoms in total. The van der Waals surface area contributed by atoms with Crippen LogP contribution in [0.1, 0.15) is 22.8 Å². The summed E-state index contributed by atoms with van der Waals surface area (Å²) in [6, 6.07) is 13.2. The molecular weight excluding hydrogens is 290 g/mol. The number of hydrogen-bond acceptors (Lipinski definition) is 3. The SMILES string of the molecule is CC(Oc1ccc(C(=O)c2ccc(Cl)cc2)cc1)C(N)=O. The topological polar surface area (TPSA) is 69.4 Å². The molecule has 5 heteroatoms. The number of nitrogens with two attached hydrogens (primary N) is 1. The van der Waals surface area contributed by atoms with Gasteiger partial charge in [-0.3, -0.25) is 9.59 Å². The second kappa shape index (κ2) is 6.41. The van der Waals surface area contributed by atoms with Gasteiger partial charge in [-0.05, 0) is 55.5 Å². The molecule has 0 spiro atoms. The van der Waals surface area contributed by atoms with Crippen molar-refractivity contribution in [2.45, 2.75) is 13.0 Å². The molecule has 1 unspecified atom stereocenters. The van der Waals surface area contributed by atoms with Crippen LogP contribution in [0, 0.1) is 0 Å². The Bertz CT molecular complexity index is 650. The third-order valence-corrected chi connectivity index (χ3v) is 3.19. The summed E-state index contributed by atoms with van der Waals surface area (Å²) in [6.45, 7) is 1.56. The Labute approximate surface area is 127 Å². The van der Waals surface area contributed by atoms with Crippen molar-refractivity contribution in [2.24, 2.45) is 5.73 Å². The normalized spacial score (nSPS) is 11.7. The molecule has 0 saturated heterocycles. The molecular formula is C16H14ClNO3. The maximum atomic E-state index is 12.2. The van der Waals surface area contributed by atoms with Gasteiger partial charge in [0.15, 0.2) is 11.9 Å². The van der Waals surface area contributed by atoms with Crippen LogP contribution in [-0.4, -0.2) is 17.8 Å². The van der Waals surface area contributed by atoms with E-state index in [4.69, 9.17) is 22.1 Å². The lowest BCUT2D eigenvalue weighted by Crippen LogP contribution is -2.30. The number of carbonyl (C=O) groups excluding carboxylic acids is 2. The molecule has 2 rings (SSSR count). The first kappa shape index (κ1) is 15.1. The molecule has 0 aromatic heterocycles. The van der Waals surface area contributed by atoms with Crippen LogP contribution in [0.4, 0.5) is 0 Å². The van der Waals surface area contributed by atoms with E-state index in [1.165, 1.54) is 0 Å². The molecule has 2 aromatic rings. The Morgan fingerprint density at radius 2 is 1.48 bits per heavy atom. The lowest BCUT2D eigenvalue weighted by Gasteiger charge is -2.11. The highest BCUT2D eigenvalue weighted by atomic mass is 35.5. The summed E-state index contributed by atoms with van der Waals surface area (Å²) in [6.07, 6.45) is -0.720. The highest BCUT2D eigenvalue weighted by molar-refractivity contribution is 6.30. The Hall–Kier alpha value is -2.33. The lowest BCUT2D eigenvalue weighted by atomic mass is 10.0. The van der Waals surface area contributed by atoms with E-state index >= 15 is 0 Å². The number of ketones is 1. The number of hydrogen-bond donors (Lipinski definition) is 1. The third kappa shape index (κ3) is 3.83. The van der Waals surface area contributed by atoms with Gasteiger partial charge in [-0.15, -0.1) is 0 Å². The summed E-state index contributed by atoms with van der Waals surface area (Å²) in [7, 11) is 0. The zero-order valence-electron chi connectivity index (χ0n) is 11.4. The van der Waals surface area contributed by atoms with Gasteiger partial charge >= 0.3 is 0 Å². The third-order valence-electron chi connectivity index (χ3n) is 2.94. The maximum absolute atomic E-state index is 12.2. The molecule has 108 valence electrons. The molecule has 0 aliphatic carbocycles. The molecule has 0 fully saturated rings. The quantitative estimate of drug-likeness (QED) is 0.864. The van der Waals surface area contributed by atoms with Crippen molar-refractivity contribution in [3.8, 4) is 5.75 Å².